The summed E-state index contributed by atoms with van der Waals surface area (Å²) < 4.78 is 0. The molecule has 0 atom stereocenters. The maximum Gasteiger partial charge on any atom is 0.0184 e. The smallest absolute Gasteiger partial charge is 0.0184 e. The first-order valence-electron chi connectivity index (χ1n) is 8.62. The Morgan fingerprint density at radius 1 is 0.560 bits per heavy atom. The highest BCUT2D eigenvalue weighted by molar-refractivity contribution is 6.30. The maximum atomic E-state index is 6.20. The summed E-state index contributed by atoms with van der Waals surface area (Å²) in [5.41, 5.74) is 7.72. The zero-order valence-corrected chi connectivity index (χ0v) is 14.7. The molecule has 3 aromatic carbocycles. The predicted molar refractivity (Wildman–Crippen MR) is 108 cm³/mol. The molecule has 0 aromatic heterocycles. The Hall–Kier alpha value is -2.57. The van der Waals surface area contributed by atoms with Crippen molar-refractivity contribution < 1.29 is 0 Å². The van der Waals surface area contributed by atoms with Gasteiger partial charge in [0, 0.05) is 5.03 Å². The molecule has 0 saturated heterocycles. The normalized spacial score (nSPS) is 14.0. The molecule has 4 rings (SSSR count). The van der Waals surface area contributed by atoms with Crippen LogP contribution < -0.4 is 0 Å². The third-order valence-electron chi connectivity index (χ3n) is 4.65. The number of hydrogen-bond acceptors (Lipinski definition) is 0. The van der Waals surface area contributed by atoms with Gasteiger partial charge in [0.2, 0.25) is 0 Å². The van der Waals surface area contributed by atoms with Gasteiger partial charge in [-0.2, -0.15) is 0 Å². The van der Waals surface area contributed by atoms with Crippen LogP contribution in [0.25, 0.3) is 27.8 Å². The Morgan fingerprint density at radius 2 is 1.12 bits per heavy atom. The maximum absolute atomic E-state index is 6.20. The van der Waals surface area contributed by atoms with E-state index < -0.39 is 0 Å². The lowest BCUT2D eigenvalue weighted by molar-refractivity contribution is 1.03. The van der Waals surface area contributed by atoms with Crippen molar-refractivity contribution in [3.63, 3.8) is 0 Å². The molecule has 0 fully saturated rings. The van der Waals surface area contributed by atoms with Gasteiger partial charge in [-0.15, -0.1) is 0 Å². The SMILES string of the molecule is ClC1=CC=C(c2c(-c3ccccc3)cccc2-c2ccccc2)CC1. The van der Waals surface area contributed by atoms with Crippen molar-refractivity contribution in [2.75, 3.05) is 0 Å². The molecule has 25 heavy (non-hydrogen) atoms. The van der Waals surface area contributed by atoms with Crippen molar-refractivity contribution in [2.24, 2.45) is 0 Å². The summed E-state index contributed by atoms with van der Waals surface area (Å²) in [6.07, 6.45) is 6.10. The lowest BCUT2D eigenvalue weighted by atomic mass is 9.85. The van der Waals surface area contributed by atoms with E-state index in [0.29, 0.717) is 0 Å². The van der Waals surface area contributed by atoms with Crippen molar-refractivity contribution in [1.82, 2.24) is 0 Å². The summed E-state index contributed by atoms with van der Waals surface area (Å²) in [4.78, 5) is 0. The number of hydrogen-bond donors (Lipinski definition) is 0. The number of rotatable bonds is 3. The Bertz CT molecular complexity index is 877. The fourth-order valence-corrected chi connectivity index (χ4v) is 3.59. The van der Waals surface area contributed by atoms with Crippen LogP contribution in [0.5, 0.6) is 0 Å². The second-order valence-electron chi connectivity index (χ2n) is 6.27. The van der Waals surface area contributed by atoms with E-state index in [1.807, 2.05) is 6.08 Å². The third-order valence-corrected chi connectivity index (χ3v) is 4.97. The second-order valence-corrected chi connectivity index (χ2v) is 6.75. The highest BCUT2D eigenvalue weighted by Gasteiger charge is 2.17. The minimum absolute atomic E-state index is 0.907. The molecule has 122 valence electrons. The van der Waals surface area contributed by atoms with E-state index in [2.05, 4.69) is 84.9 Å². The number of halogens is 1. The monoisotopic (exact) mass is 342 g/mol. The van der Waals surface area contributed by atoms with E-state index in [1.54, 1.807) is 0 Å². The van der Waals surface area contributed by atoms with Crippen LogP contribution in [0.1, 0.15) is 18.4 Å². The first-order valence-corrected chi connectivity index (χ1v) is 9.00. The van der Waals surface area contributed by atoms with Crippen LogP contribution in [0.3, 0.4) is 0 Å². The van der Waals surface area contributed by atoms with Crippen LogP contribution in [0.4, 0.5) is 0 Å². The zero-order valence-electron chi connectivity index (χ0n) is 14.0. The topological polar surface area (TPSA) is 0 Å². The van der Waals surface area contributed by atoms with Crippen LogP contribution in [-0.4, -0.2) is 0 Å². The molecule has 0 saturated carbocycles. The average molecular weight is 343 g/mol. The Kier molecular flexibility index (Phi) is 4.54. The van der Waals surface area contributed by atoms with Crippen LogP contribution in [-0.2, 0) is 0 Å². The van der Waals surface area contributed by atoms with Crippen LogP contribution in [0.2, 0.25) is 0 Å². The molecule has 0 amide bonds. The molecule has 1 aliphatic rings. The molecule has 1 heteroatoms. The van der Waals surface area contributed by atoms with Gasteiger partial charge in [0.25, 0.3) is 0 Å². The molecule has 0 heterocycles. The molecule has 0 aliphatic heterocycles. The van der Waals surface area contributed by atoms with Crippen molar-refractivity contribution >= 4 is 17.2 Å². The number of allylic oxidation sites excluding steroid dienone is 4. The summed E-state index contributed by atoms with van der Waals surface area (Å²) in [7, 11) is 0. The van der Waals surface area contributed by atoms with E-state index in [-0.39, 0.29) is 0 Å². The minimum atomic E-state index is 0.907. The van der Waals surface area contributed by atoms with E-state index in [9.17, 15) is 0 Å². The summed E-state index contributed by atoms with van der Waals surface area (Å²) in [6.45, 7) is 0. The fraction of sp³-hybridized carbons (Fsp3) is 0.0833. The van der Waals surface area contributed by atoms with Crippen LogP contribution in [0.15, 0.2) is 96.0 Å². The minimum Gasteiger partial charge on any atom is -0.0891 e. The Labute approximate surface area is 154 Å². The van der Waals surface area contributed by atoms with Gasteiger partial charge in [-0.3, -0.25) is 0 Å². The van der Waals surface area contributed by atoms with Crippen LogP contribution >= 0.6 is 11.6 Å². The first kappa shape index (κ1) is 15.9. The van der Waals surface area contributed by atoms with Gasteiger partial charge in [-0.1, -0.05) is 96.5 Å². The molecule has 0 unspecified atom stereocenters. The molecule has 0 N–H and O–H groups in total. The summed E-state index contributed by atoms with van der Waals surface area (Å²) >= 11 is 6.20. The first-order chi connectivity index (χ1) is 12.3. The van der Waals surface area contributed by atoms with Gasteiger partial charge in [0.05, 0.1) is 0 Å². The highest BCUT2D eigenvalue weighted by atomic mass is 35.5. The predicted octanol–water partition coefficient (Wildman–Crippen LogP) is 7.32. The molecule has 0 radical (unpaired) electrons. The van der Waals surface area contributed by atoms with E-state index in [0.717, 1.165) is 17.9 Å². The van der Waals surface area contributed by atoms with Crippen molar-refractivity contribution in [3.8, 4) is 22.3 Å². The van der Waals surface area contributed by atoms with Crippen LogP contribution in [0, 0.1) is 0 Å². The quantitative estimate of drug-likeness (QED) is 0.467. The van der Waals surface area contributed by atoms with Gasteiger partial charge in [0.15, 0.2) is 0 Å². The van der Waals surface area contributed by atoms with Crippen molar-refractivity contribution in [1.29, 1.82) is 0 Å². The molecule has 0 nitrogen and oxygen atoms in total. The summed E-state index contributed by atoms with van der Waals surface area (Å²) in [5.74, 6) is 0. The molecular weight excluding hydrogens is 324 g/mol. The zero-order chi connectivity index (χ0) is 17.1. The molecule has 3 aromatic rings. The Morgan fingerprint density at radius 3 is 1.60 bits per heavy atom. The van der Waals surface area contributed by atoms with Gasteiger partial charge in [-0.25, -0.2) is 0 Å². The summed E-state index contributed by atoms with van der Waals surface area (Å²) in [5, 5.41) is 0.933. The molecule has 0 spiro atoms. The molecule has 0 bridgehead atoms. The standard InChI is InChI=1S/C24H19Cl/c25-21-16-14-20(15-17-21)24-22(18-8-3-1-4-9-18)12-7-13-23(24)19-10-5-2-6-11-19/h1-14,16H,15,17H2. The lowest BCUT2D eigenvalue weighted by Gasteiger charge is -2.20. The van der Waals surface area contributed by atoms with E-state index >= 15 is 0 Å². The van der Waals surface area contributed by atoms with Gasteiger partial charge < -0.3 is 0 Å². The molecular formula is C24H19Cl. The third kappa shape index (κ3) is 3.31. The summed E-state index contributed by atoms with van der Waals surface area (Å²) in [6, 6.07) is 27.8. The fourth-order valence-electron chi connectivity index (χ4n) is 3.43. The molecule has 1 aliphatic carbocycles. The van der Waals surface area contributed by atoms with Gasteiger partial charge in [-0.05, 0) is 52.3 Å². The highest BCUT2D eigenvalue weighted by Crippen LogP contribution is 2.40. The van der Waals surface area contributed by atoms with Gasteiger partial charge in [0.1, 0.15) is 0 Å². The van der Waals surface area contributed by atoms with E-state index in [1.165, 1.54) is 33.4 Å². The van der Waals surface area contributed by atoms with Gasteiger partial charge >= 0.3 is 0 Å². The largest absolute Gasteiger partial charge is 0.0891 e. The lowest BCUT2D eigenvalue weighted by Crippen LogP contribution is -1.97. The van der Waals surface area contributed by atoms with Crippen molar-refractivity contribution in [3.05, 3.63) is 102 Å². The average Bonchev–Trinajstić information content (AvgIpc) is 2.69. The second kappa shape index (κ2) is 7.13. The number of benzene rings is 3. The Balaban J connectivity index is 1.97. The van der Waals surface area contributed by atoms with Crippen molar-refractivity contribution in [2.45, 2.75) is 12.8 Å². The van der Waals surface area contributed by atoms with E-state index in [4.69, 9.17) is 11.6 Å².